The monoisotopic (exact) mass is 284 g/mol. The summed E-state index contributed by atoms with van der Waals surface area (Å²) in [4.78, 5) is 15.8. The van der Waals surface area contributed by atoms with Gasteiger partial charge >= 0.3 is 5.97 Å². The second-order valence-corrected chi connectivity index (χ2v) is 6.72. The van der Waals surface area contributed by atoms with E-state index in [1.807, 2.05) is 6.92 Å². The summed E-state index contributed by atoms with van der Waals surface area (Å²) in [6.07, 6.45) is 6.26. The van der Waals surface area contributed by atoms with Gasteiger partial charge in [-0.25, -0.2) is 0 Å². The number of rotatable bonds is 8. The van der Waals surface area contributed by atoms with Gasteiger partial charge in [-0.1, -0.05) is 26.7 Å². The number of aliphatic carboxylic acids is 1. The second kappa shape index (κ2) is 8.63. The molecule has 0 heterocycles. The molecule has 3 atom stereocenters. The molecule has 1 aliphatic rings. The van der Waals surface area contributed by atoms with Crippen molar-refractivity contribution in [3.8, 4) is 0 Å². The highest BCUT2D eigenvalue weighted by atomic mass is 16.4. The van der Waals surface area contributed by atoms with Gasteiger partial charge in [-0.05, 0) is 52.4 Å². The molecule has 3 unspecified atom stereocenters. The Bertz CT molecular complexity index is 294. The first-order valence-corrected chi connectivity index (χ1v) is 8.03. The lowest BCUT2D eigenvalue weighted by atomic mass is 9.84. The third-order valence-electron chi connectivity index (χ3n) is 4.52. The Morgan fingerprint density at radius 2 is 1.90 bits per heavy atom. The van der Waals surface area contributed by atoms with Gasteiger partial charge in [-0.2, -0.15) is 0 Å². The molecule has 0 aromatic rings. The summed E-state index contributed by atoms with van der Waals surface area (Å²) in [5.41, 5.74) is 0. The zero-order valence-corrected chi connectivity index (χ0v) is 13.6. The van der Waals surface area contributed by atoms with E-state index in [1.54, 1.807) is 0 Å². The summed E-state index contributed by atoms with van der Waals surface area (Å²) in [7, 11) is 4.18. The van der Waals surface area contributed by atoms with Gasteiger partial charge in [-0.3, -0.25) is 9.69 Å². The van der Waals surface area contributed by atoms with Crippen molar-refractivity contribution in [2.75, 3.05) is 33.7 Å². The molecule has 0 saturated heterocycles. The number of carboxylic acid groups (broad SMARTS) is 1. The minimum atomic E-state index is -0.675. The average molecular weight is 284 g/mol. The van der Waals surface area contributed by atoms with Crippen molar-refractivity contribution in [1.82, 2.24) is 9.80 Å². The van der Waals surface area contributed by atoms with E-state index < -0.39 is 5.97 Å². The summed E-state index contributed by atoms with van der Waals surface area (Å²) in [5, 5.41) is 9.17. The zero-order chi connectivity index (χ0) is 15.1. The first-order valence-electron chi connectivity index (χ1n) is 8.03. The van der Waals surface area contributed by atoms with Crippen molar-refractivity contribution >= 4 is 5.97 Å². The van der Waals surface area contributed by atoms with Crippen LogP contribution in [-0.2, 0) is 4.79 Å². The lowest BCUT2D eigenvalue weighted by Crippen LogP contribution is -2.45. The fourth-order valence-electron chi connectivity index (χ4n) is 3.25. The first-order chi connectivity index (χ1) is 9.41. The largest absolute Gasteiger partial charge is 0.481 e. The lowest BCUT2D eigenvalue weighted by molar-refractivity contribution is -0.142. The van der Waals surface area contributed by atoms with E-state index in [-0.39, 0.29) is 5.92 Å². The SMILES string of the molecule is CC(CN(CCCN(C)C)C1CCCCC1C)C(=O)O. The van der Waals surface area contributed by atoms with Gasteiger partial charge < -0.3 is 10.0 Å². The number of hydrogen-bond acceptors (Lipinski definition) is 3. The maximum atomic E-state index is 11.1. The van der Waals surface area contributed by atoms with Crippen LogP contribution in [0.15, 0.2) is 0 Å². The molecule has 0 radical (unpaired) electrons. The van der Waals surface area contributed by atoms with Crippen LogP contribution >= 0.6 is 0 Å². The summed E-state index contributed by atoms with van der Waals surface area (Å²) in [6, 6.07) is 0.577. The molecule has 0 amide bonds. The fraction of sp³-hybridized carbons (Fsp3) is 0.938. The Morgan fingerprint density at radius 3 is 2.45 bits per heavy atom. The number of carboxylic acids is 1. The van der Waals surface area contributed by atoms with Crippen LogP contribution in [-0.4, -0.2) is 60.6 Å². The normalized spacial score (nSPS) is 25.1. The van der Waals surface area contributed by atoms with Crippen LogP contribution in [0.2, 0.25) is 0 Å². The van der Waals surface area contributed by atoms with E-state index in [0.717, 1.165) is 19.5 Å². The van der Waals surface area contributed by atoms with E-state index in [2.05, 4.69) is 30.8 Å². The van der Waals surface area contributed by atoms with Crippen molar-refractivity contribution in [2.24, 2.45) is 11.8 Å². The lowest BCUT2D eigenvalue weighted by Gasteiger charge is -2.39. The highest BCUT2D eigenvalue weighted by Gasteiger charge is 2.29. The van der Waals surface area contributed by atoms with Crippen LogP contribution in [0.25, 0.3) is 0 Å². The van der Waals surface area contributed by atoms with Gasteiger partial charge in [0.2, 0.25) is 0 Å². The topological polar surface area (TPSA) is 43.8 Å². The van der Waals surface area contributed by atoms with Gasteiger partial charge in [0.15, 0.2) is 0 Å². The highest BCUT2D eigenvalue weighted by molar-refractivity contribution is 5.69. The Morgan fingerprint density at radius 1 is 1.25 bits per heavy atom. The third kappa shape index (κ3) is 5.80. The summed E-state index contributed by atoms with van der Waals surface area (Å²) >= 11 is 0. The second-order valence-electron chi connectivity index (χ2n) is 6.72. The number of nitrogens with zero attached hydrogens (tertiary/aromatic N) is 2. The van der Waals surface area contributed by atoms with Crippen molar-refractivity contribution < 1.29 is 9.90 Å². The zero-order valence-electron chi connectivity index (χ0n) is 13.6. The molecule has 4 nitrogen and oxygen atoms in total. The van der Waals surface area contributed by atoms with Crippen LogP contribution in [0, 0.1) is 11.8 Å². The smallest absolute Gasteiger partial charge is 0.307 e. The van der Waals surface area contributed by atoms with Crippen molar-refractivity contribution in [2.45, 2.75) is 52.0 Å². The van der Waals surface area contributed by atoms with Gasteiger partial charge in [0.25, 0.3) is 0 Å². The van der Waals surface area contributed by atoms with Crippen molar-refractivity contribution in [3.05, 3.63) is 0 Å². The van der Waals surface area contributed by atoms with Gasteiger partial charge in [0, 0.05) is 12.6 Å². The Hall–Kier alpha value is -0.610. The molecule has 20 heavy (non-hydrogen) atoms. The van der Waals surface area contributed by atoms with Crippen molar-refractivity contribution in [3.63, 3.8) is 0 Å². The van der Waals surface area contributed by atoms with Crippen LogP contribution in [0.4, 0.5) is 0 Å². The van der Waals surface area contributed by atoms with Gasteiger partial charge in [0.05, 0.1) is 5.92 Å². The highest BCUT2D eigenvalue weighted by Crippen LogP contribution is 2.28. The Balaban J connectivity index is 2.59. The predicted octanol–water partition coefficient (Wildman–Crippen LogP) is 2.54. The maximum absolute atomic E-state index is 11.1. The average Bonchev–Trinajstić information content (AvgIpc) is 2.37. The molecule has 118 valence electrons. The molecule has 1 saturated carbocycles. The molecule has 1 fully saturated rings. The molecule has 1 aliphatic carbocycles. The maximum Gasteiger partial charge on any atom is 0.307 e. The van der Waals surface area contributed by atoms with Crippen LogP contribution < -0.4 is 0 Å². The minimum absolute atomic E-state index is 0.275. The summed E-state index contributed by atoms with van der Waals surface area (Å²) in [5.74, 6) is -0.251. The van der Waals surface area contributed by atoms with E-state index in [0.29, 0.717) is 18.5 Å². The Labute approximate surface area is 124 Å². The molecule has 0 aromatic carbocycles. The standard InChI is InChI=1S/C16H32N2O2/c1-13-8-5-6-9-15(13)18(11-7-10-17(3)4)12-14(2)16(19)20/h13-15H,5-12H2,1-4H3,(H,19,20). The number of carbonyl (C=O) groups is 1. The van der Waals surface area contributed by atoms with Gasteiger partial charge in [0.1, 0.15) is 0 Å². The number of hydrogen-bond donors (Lipinski definition) is 1. The molecule has 1 rings (SSSR count). The first kappa shape index (κ1) is 17.4. The molecule has 4 heteroatoms. The Kier molecular flexibility index (Phi) is 7.52. The fourth-order valence-corrected chi connectivity index (χ4v) is 3.25. The minimum Gasteiger partial charge on any atom is -0.481 e. The molecule has 1 N–H and O–H groups in total. The van der Waals surface area contributed by atoms with E-state index in [9.17, 15) is 9.90 Å². The molecule has 0 aliphatic heterocycles. The molecular formula is C16H32N2O2. The van der Waals surface area contributed by atoms with Crippen LogP contribution in [0.3, 0.4) is 0 Å². The summed E-state index contributed by atoms with van der Waals surface area (Å²) in [6.45, 7) is 6.94. The van der Waals surface area contributed by atoms with E-state index in [1.165, 1.54) is 25.7 Å². The predicted molar refractivity (Wildman–Crippen MR) is 83.0 cm³/mol. The van der Waals surface area contributed by atoms with Crippen LogP contribution in [0.5, 0.6) is 0 Å². The van der Waals surface area contributed by atoms with Gasteiger partial charge in [-0.15, -0.1) is 0 Å². The third-order valence-corrected chi connectivity index (χ3v) is 4.52. The van der Waals surface area contributed by atoms with E-state index in [4.69, 9.17) is 0 Å². The molecule has 0 aromatic heterocycles. The molecule has 0 bridgehead atoms. The van der Waals surface area contributed by atoms with E-state index >= 15 is 0 Å². The quantitative estimate of drug-likeness (QED) is 0.744. The molecular weight excluding hydrogens is 252 g/mol. The van der Waals surface area contributed by atoms with Crippen molar-refractivity contribution in [1.29, 1.82) is 0 Å². The molecule has 0 spiro atoms. The summed E-state index contributed by atoms with van der Waals surface area (Å²) < 4.78 is 0. The van der Waals surface area contributed by atoms with Crippen LogP contribution in [0.1, 0.15) is 46.0 Å².